The van der Waals surface area contributed by atoms with E-state index in [2.05, 4.69) is 48.8 Å². The van der Waals surface area contributed by atoms with Crippen molar-refractivity contribution in [2.75, 3.05) is 19.6 Å². The van der Waals surface area contributed by atoms with Gasteiger partial charge >= 0.3 is 0 Å². The smallest absolute Gasteiger partial charge is 0.159 e. The van der Waals surface area contributed by atoms with E-state index < -0.39 is 0 Å². The van der Waals surface area contributed by atoms with Crippen LogP contribution < -0.4 is 0 Å². The van der Waals surface area contributed by atoms with E-state index in [1.165, 1.54) is 12.8 Å². The highest BCUT2D eigenvalue weighted by Crippen LogP contribution is 2.18. The topological polar surface area (TPSA) is 20.3 Å². The summed E-state index contributed by atoms with van der Waals surface area (Å²) in [7, 11) is 0. The van der Waals surface area contributed by atoms with E-state index in [0.29, 0.717) is 6.42 Å². The summed E-state index contributed by atoms with van der Waals surface area (Å²) in [5.41, 5.74) is 2.93. The van der Waals surface area contributed by atoms with Gasteiger partial charge in [-0.1, -0.05) is 49.5 Å². The Morgan fingerprint density at radius 1 is 1.35 bits per heavy atom. The molecule has 1 aliphatic carbocycles. The van der Waals surface area contributed by atoms with Crippen LogP contribution in [0.4, 0.5) is 0 Å². The number of nitrogens with zero attached hydrogens (tertiary/aromatic N) is 1. The fraction of sp³-hybridized carbons (Fsp3) is 0.476. The highest BCUT2D eigenvalue weighted by atomic mass is 16.1. The Bertz CT molecular complexity index is 579. The first-order valence-corrected chi connectivity index (χ1v) is 8.52. The van der Waals surface area contributed by atoms with Crippen LogP contribution in [0.1, 0.15) is 47.0 Å². The van der Waals surface area contributed by atoms with E-state index in [-0.39, 0.29) is 5.78 Å². The van der Waals surface area contributed by atoms with Crippen molar-refractivity contribution in [2.24, 2.45) is 0 Å². The number of Topliss-reactive ketones (excluding diaryl/α,β-unsaturated/α-hetero) is 1. The van der Waals surface area contributed by atoms with Crippen molar-refractivity contribution in [1.82, 2.24) is 4.90 Å². The summed E-state index contributed by atoms with van der Waals surface area (Å²) in [6.07, 6.45) is 13.3. The lowest BCUT2D eigenvalue weighted by Crippen LogP contribution is -2.27. The van der Waals surface area contributed by atoms with E-state index in [0.717, 1.165) is 36.4 Å². The molecule has 0 aromatic rings. The molecule has 124 valence electrons. The van der Waals surface area contributed by atoms with Gasteiger partial charge in [-0.25, -0.2) is 0 Å². The quantitative estimate of drug-likeness (QED) is 0.356. The Morgan fingerprint density at radius 2 is 2.13 bits per heavy atom. The van der Waals surface area contributed by atoms with Crippen LogP contribution in [0.25, 0.3) is 0 Å². The summed E-state index contributed by atoms with van der Waals surface area (Å²) in [6, 6.07) is 0. The fourth-order valence-electron chi connectivity index (χ4n) is 2.56. The standard InChI is InChI=1S/C21H29NO/c1-5-8-15-22(16-9-6-2)17-19-11-10-12-20(14-13-19)21(7-3)18(4)23/h5,7-8,13-14H,6,9,12,15-17H2,1-4H3/b8-5+,21-7+. The molecule has 0 fully saturated rings. The Hall–Kier alpha value is -1.85. The Balaban J connectivity index is 2.85. The zero-order valence-electron chi connectivity index (χ0n) is 15.0. The van der Waals surface area contributed by atoms with Gasteiger partial charge in [-0.15, -0.1) is 0 Å². The van der Waals surface area contributed by atoms with Gasteiger partial charge in [-0.05, 0) is 45.4 Å². The first-order valence-electron chi connectivity index (χ1n) is 8.52. The molecule has 0 bridgehead atoms. The lowest BCUT2D eigenvalue weighted by atomic mass is 9.99. The summed E-state index contributed by atoms with van der Waals surface area (Å²) in [6.45, 7) is 10.7. The molecule has 0 N–H and O–H groups in total. The minimum atomic E-state index is 0.107. The molecule has 0 saturated carbocycles. The number of rotatable bonds is 9. The third kappa shape index (κ3) is 6.84. The second-order valence-corrected chi connectivity index (χ2v) is 5.78. The van der Waals surface area contributed by atoms with Gasteiger partial charge in [-0.3, -0.25) is 9.69 Å². The van der Waals surface area contributed by atoms with Gasteiger partial charge in [0, 0.05) is 30.7 Å². The minimum absolute atomic E-state index is 0.107. The largest absolute Gasteiger partial charge is 0.295 e. The molecule has 0 aliphatic heterocycles. The molecule has 2 heteroatoms. The van der Waals surface area contributed by atoms with Gasteiger partial charge in [0.05, 0.1) is 0 Å². The third-order valence-corrected chi connectivity index (χ3v) is 3.85. The minimum Gasteiger partial charge on any atom is -0.295 e. The van der Waals surface area contributed by atoms with Crippen LogP contribution in [-0.4, -0.2) is 30.3 Å². The molecule has 0 aromatic heterocycles. The maximum absolute atomic E-state index is 11.7. The van der Waals surface area contributed by atoms with Crippen LogP contribution in [0, 0.1) is 11.8 Å². The predicted octanol–water partition coefficient (Wildman–Crippen LogP) is 4.46. The molecule has 0 atom stereocenters. The maximum atomic E-state index is 11.7. The molecule has 0 saturated heterocycles. The van der Waals surface area contributed by atoms with Crippen molar-refractivity contribution in [3.8, 4) is 11.8 Å². The van der Waals surface area contributed by atoms with Crippen molar-refractivity contribution in [1.29, 1.82) is 0 Å². The number of ketones is 1. The second-order valence-electron chi connectivity index (χ2n) is 5.78. The van der Waals surface area contributed by atoms with Crippen LogP contribution in [-0.2, 0) is 4.79 Å². The van der Waals surface area contributed by atoms with Crippen molar-refractivity contribution >= 4 is 5.78 Å². The Kier molecular flexibility index (Phi) is 9.02. The van der Waals surface area contributed by atoms with Gasteiger partial charge < -0.3 is 0 Å². The number of unbranched alkanes of at least 4 members (excludes halogenated alkanes) is 1. The van der Waals surface area contributed by atoms with Crippen LogP contribution >= 0.6 is 0 Å². The van der Waals surface area contributed by atoms with E-state index in [4.69, 9.17) is 0 Å². The van der Waals surface area contributed by atoms with Gasteiger partial charge in [0.1, 0.15) is 0 Å². The second kappa shape index (κ2) is 10.8. The van der Waals surface area contributed by atoms with Gasteiger partial charge in [0.25, 0.3) is 0 Å². The SMILES string of the molecule is C/C=C(\C(C)=O)C1=CC=C(CN(C/C=C/C)CCCC)C#CC1. The molecule has 23 heavy (non-hydrogen) atoms. The number of allylic oxidation sites excluding steroid dienone is 6. The van der Waals surface area contributed by atoms with Crippen molar-refractivity contribution in [3.05, 3.63) is 47.1 Å². The molecule has 0 heterocycles. The summed E-state index contributed by atoms with van der Waals surface area (Å²) in [4.78, 5) is 14.1. The normalized spacial score (nSPS) is 15.1. The Labute approximate surface area is 141 Å². The first kappa shape index (κ1) is 19.2. The third-order valence-electron chi connectivity index (χ3n) is 3.85. The predicted molar refractivity (Wildman–Crippen MR) is 99.2 cm³/mol. The molecule has 0 spiro atoms. The average Bonchev–Trinajstić information content (AvgIpc) is 2.76. The first-order chi connectivity index (χ1) is 11.1. The zero-order chi connectivity index (χ0) is 17.1. The van der Waals surface area contributed by atoms with Crippen LogP contribution in [0.5, 0.6) is 0 Å². The van der Waals surface area contributed by atoms with E-state index >= 15 is 0 Å². The summed E-state index contributed by atoms with van der Waals surface area (Å²) in [5.74, 6) is 6.58. The zero-order valence-corrected chi connectivity index (χ0v) is 15.0. The highest BCUT2D eigenvalue weighted by molar-refractivity contribution is 5.97. The summed E-state index contributed by atoms with van der Waals surface area (Å²) < 4.78 is 0. The summed E-state index contributed by atoms with van der Waals surface area (Å²) >= 11 is 0. The number of hydrogen-bond acceptors (Lipinski definition) is 2. The van der Waals surface area contributed by atoms with Gasteiger partial charge in [-0.2, -0.15) is 0 Å². The molecule has 2 nitrogen and oxygen atoms in total. The van der Waals surface area contributed by atoms with Crippen molar-refractivity contribution in [3.63, 3.8) is 0 Å². The molecule has 1 rings (SSSR count). The van der Waals surface area contributed by atoms with E-state index in [1.807, 2.05) is 19.1 Å². The molecule has 0 unspecified atom stereocenters. The van der Waals surface area contributed by atoms with E-state index in [9.17, 15) is 4.79 Å². The molecule has 1 aliphatic rings. The van der Waals surface area contributed by atoms with Crippen molar-refractivity contribution < 1.29 is 4.79 Å². The molecular weight excluding hydrogens is 282 g/mol. The molecular formula is C21H29NO. The molecule has 0 radical (unpaired) electrons. The molecule has 0 aromatic carbocycles. The summed E-state index contributed by atoms with van der Waals surface area (Å²) in [5, 5.41) is 0. The molecule has 0 amide bonds. The number of carbonyl (C=O) groups excluding carboxylic acids is 1. The lowest BCUT2D eigenvalue weighted by molar-refractivity contribution is -0.113. The van der Waals surface area contributed by atoms with E-state index in [1.54, 1.807) is 6.92 Å². The fourth-order valence-corrected chi connectivity index (χ4v) is 2.56. The lowest BCUT2D eigenvalue weighted by Gasteiger charge is -2.20. The number of carbonyl (C=O) groups is 1. The van der Waals surface area contributed by atoms with Gasteiger partial charge in [0.2, 0.25) is 0 Å². The highest BCUT2D eigenvalue weighted by Gasteiger charge is 2.10. The van der Waals surface area contributed by atoms with Crippen LogP contribution in [0.15, 0.2) is 47.1 Å². The number of hydrogen-bond donors (Lipinski definition) is 0. The average molecular weight is 311 g/mol. The van der Waals surface area contributed by atoms with Gasteiger partial charge in [0.15, 0.2) is 5.78 Å². The van der Waals surface area contributed by atoms with Crippen molar-refractivity contribution in [2.45, 2.75) is 47.0 Å². The monoisotopic (exact) mass is 311 g/mol. The Morgan fingerprint density at radius 3 is 2.74 bits per heavy atom. The maximum Gasteiger partial charge on any atom is 0.159 e. The van der Waals surface area contributed by atoms with Crippen LogP contribution in [0.3, 0.4) is 0 Å². The van der Waals surface area contributed by atoms with Crippen LogP contribution in [0.2, 0.25) is 0 Å².